The van der Waals surface area contributed by atoms with Crippen molar-refractivity contribution in [3.05, 3.63) is 36.4 Å². The van der Waals surface area contributed by atoms with E-state index in [9.17, 15) is 0 Å². The second-order valence-corrected chi connectivity index (χ2v) is 3.65. The van der Waals surface area contributed by atoms with Gasteiger partial charge in [0.05, 0.1) is 6.61 Å². The maximum absolute atomic E-state index is 5.46. The number of ether oxygens (including phenoxy) is 3. The lowest BCUT2D eigenvalue weighted by Crippen LogP contribution is -1.98. The van der Waals surface area contributed by atoms with Crippen LogP contribution in [0.5, 0.6) is 11.5 Å². The number of rotatable bonds is 5. The number of fused-ring (bicyclic) bond motifs is 1. The molecule has 0 saturated heterocycles. The molecular formula is C18H32O3. The second-order valence-electron chi connectivity index (χ2n) is 3.65. The van der Waals surface area contributed by atoms with Gasteiger partial charge in [-0.1, -0.05) is 41.8 Å². The molecule has 3 nitrogen and oxygen atoms in total. The van der Waals surface area contributed by atoms with Gasteiger partial charge in [-0.25, -0.2) is 0 Å². The Morgan fingerprint density at radius 1 is 0.762 bits per heavy atom. The van der Waals surface area contributed by atoms with Gasteiger partial charge in [-0.2, -0.15) is 0 Å². The van der Waals surface area contributed by atoms with E-state index in [0.29, 0.717) is 6.61 Å². The minimum absolute atomic E-state index is 0. The molecule has 0 aromatic heterocycles. The zero-order valence-electron chi connectivity index (χ0n) is 10.1. The average molecular weight is 296 g/mol. The summed E-state index contributed by atoms with van der Waals surface area (Å²) in [6.07, 6.45) is 0. The van der Waals surface area contributed by atoms with Gasteiger partial charge in [-0.3, -0.25) is 0 Å². The summed E-state index contributed by atoms with van der Waals surface area (Å²) in [5.41, 5.74) is 0. The van der Waals surface area contributed by atoms with E-state index in [0.717, 1.165) is 22.3 Å². The summed E-state index contributed by atoms with van der Waals surface area (Å²) < 4.78 is 15.7. The third-order valence-electron chi connectivity index (χ3n) is 2.44. The largest absolute Gasteiger partial charge is 0.494 e. The van der Waals surface area contributed by atoms with Gasteiger partial charge in [0, 0.05) is 7.11 Å². The molecule has 0 N–H and O–H groups in total. The highest BCUT2D eigenvalue weighted by Crippen LogP contribution is 2.24. The molecule has 2 aromatic carbocycles. The third-order valence-corrected chi connectivity index (χ3v) is 2.44. The third kappa shape index (κ3) is 6.50. The summed E-state index contributed by atoms with van der Waals surface area (Å²) >= 11 is 0. The van der Waals surface area contributed by atoms with Crippen molar-refractivity contribution in [3.8, 4) is 11.5 Å². The van der Waals surface area contributed by atoms with E-state index in [2.05, 4.69) is 0 Å². The van der Waals surface area contributed by atoms with Crippen molar-refractivity contribution in [2.45, 2.75) is 36.6 Å². The monoisotopic (exact) mass is 296 g/mol. The SMILES string of the molecule is C.C.C.C.CCOc1ccc2cc(OCOC)ccc2c1. The van der Waals surface area contributed by atoms with E-state index in [1.807, 2.05) is 43.3 Å². The van der Waals surface area contributed by atoms with Crippen molar-refractivity contribution < 1.29 is 14.2 Å². The van der Waals surface area contributed by atoms with Gasteiger partial charge in [0.25, 0.3) is 0 Å². The van der Waals surface area contributed by atoms with Gasteiger partial charge in [0.15, 0.2) is 6.79 Å². The van der Waals surface area contributed by atoms with Crippen LogP contribution >= 0.6 is 0 Å². The first-order chi connectivity index (χ1) is 8.33. The molecule has 2 rings (SSSR count). The molecule has 0 amide bonds. The molecule has 0 unspecified atom stereocenters. The summed E-state index contributed by atoms with van der Waals surface area (Å²) in [7, 11) is 1.61. The summed E-state index contributed by atoms with van der Waals surface area (Å²) in [5, 5.41) is 2.27. The van der Waals surface area contributed by atoms with E-state index in [4.69, 9.17) is 14.2 Å². The lowest BCUT2D eigenvalue weighted by Gasteiger charge is -2.07. The highest BCUT2D eigenvalue weighted by molar-refractivity contribution is 5.85. The minimum atomic E-state index is 0. The van der Waals surface area contributed by atoms with Crippen LogP contribution in [0, 0.1) is 0 Å². The van der Waals surface area contributed by atoms with Gasteiger partial charge < -0.3 is 14.2 Å². The Labute approximate surface area is 130 Å². The van der Waals surface area contributed by atoms with E-state index >= 15 is 0 Å². The zero-order valence-corrected chi connectivity index (χ0v) is 10.1. The Kier molecular flexibility index (Phi) is 13.9. The molecule has 0 fully saturated rings. The topological polar surface area (TPSA) is 27.7 Å². The van der Waals surface area contributed by atoms with Crippen LogP contribution in [0.4, 0.5) is 0 Å². The molecule has 0 aliphatic rings. The first-order valence-corrected chi connectivity index (χ1v) is 5.62. The maximum atomic E-state index is 5.46. The van der Waals surface area contributed by atoms with Crippen LogP contribution in [0.1, 0.15) is 36.6 Å². The lowest BCUT2D eigenvalue weighted by atomic mass is 10.1. The van der Waals surface area contributed by atoms with Crippen LogP contribution in [-0.4, -0.2) is 20.5 Å². The highest BCUT2D eigenvalue weighted by Gasteiger charge is 1.99. The molecule has 0 saturated carbocycles. The maximum Gasteiger partial charge on any atom is 0.188 e. The first-order valence-electron chi connectivity index (χ1n) is 5.62. The molecule has 0 spiro atoms. The number of hydrogen-bond acceptors (Lipinski definition) is 3. The fourth-order valence-electron chi connectivity index (χ4n) is 1.68. The lowest BCUT2D eigenvalue weighted by molar-refractivity contribution is 0.0512. The Morgan fingerprint density at radius 3 is 1.67 bits per heavy atom. The predicted molar refractivity (Wildman–Crippen MR) is 94.5 cm³/mol. The first kappa shape index (κ1) is 24.3. The summed E-state index contributed by atoms with van der Waals surface area (Å²) in [6.45, 7) is 2.93. The molecule has 122 valence electrons. The van der Waals surface area contributed by atoms with Gasteiger partial charge in [-0.15, -0.1) is 0 Å². The van der Waals surface area contributed by atoms with Crippen LogP contribution in [0.25, 0.3) is 10.8 Å². The Hall–Kier alpha value is -1.74. The van der Waals surface area contributed by atoms with Crippen LogP contribution < -0.4 is 9.47 Å². The van der Waals surface area contributed by atoms with Gasteiger partial charge in [0.2, 0.25) is 0 Å². The average Bonchev–Trinajstić information content (AvgIpc) is 2.36. The van der Waals surface area contributed by atoms with Gasteiger partial charge in [-0.05, 0) is 42.0 Å². The Morgan fingerprint density at radius 2 is 1.24 bits per heavy atom. The highest BCUT2D eigenvalue weighted by atomic mass is 16.7. The van der Waals surface area contributed by atoms with Crippen molar-refractivity contribution >= 4 is 10.8 Å². The summed E-state index contributed by atoms with van der Waals surface area (Å²) in [5.74, 6) is 1.70. The van der Waals surface area contributed by atoms with Gasteiger partial charge in [0.1, 0.15) is 11.5 Å². The van der Waals surface area contributed by atoms with Crippen LogP contribution in [0.15, 0.2) is 36.4 Å². The smallest absolute Gasteiger partial charge is 0.188 e. The fraction of sp³-hybridized carbons (Fsp3) is 0.444. The molecule has 0 radical (unpaired) electrons. The van der Waals surface area contributed by atoms with E-state index < -0.39 is 0 Å². The van der Waals surface area contributed by atoms with Crippen LogP contribution in [-0.2, 0) is 4.74 Å². The van der Waals surface area contributed by atoms with Crippen molar-refractivity contribution in [1.29, 1.82) is 0 Å². The molecular weight excluding hydrogens is 264 g/mol. The molecule has 2 aromatic rings. The normalized spacial score (nSPS) is 8.48. The fourth-order valence-corrected chi connectivity index (χ4v) is 1.68. The zero-order chi connectivity index (χ0) is 12.1. The van der Waals surface area contributed by atoms with E-state index in [-0.39, 0.29) is 36.5 Å². The molecule has 0 atom stereocenters. The molecule has 0 bridgehead atoms. The molecule has 21 heavy (non-hydrogen) atoms. The van der Waals surface area contributed by atoms with E-state index in [1.54, 1.807) is 7.11 Å². The Balaban J connectivity index is -0.000000810. The van der Waals surface area contributed by atoms with Crippen molar-refractivity contribution in [3.63, 3.8) is 0 Å². The number of methoxy groups -OCH3 is 1. The molecule has 0 aliphatic heterocycles. The van der Waals surface area contributed by atoms with Crippen molar-refractivity contribution in [1.82, 2.24) is 0 Å². The van der Waals surface area contributed by atoms with Gasteiger partial charge >= 0.3 is 0 Å². The van der Waals surface area contributed by atoms with Crippen LogP contribution in [0.2, 0.25) is 0 Å². The number of benzene rings is 2. The molecule has 3 heteroatoms. The predicted octanol–water partition coefficient (Wildman–Crippen LogP) is 5.77. The van der Waals surface area contributed by atoms with Crippen molar-refractivity contribution in [2.24, 2.45) is 0 Å². The minimum Gasteiger partial charge on any atom is -0.494 e. The second kappa shape index (κ2) is 12.0. The van der Waals surface area contributed by atoms with Crippen molar-refractivity contribution in [2.75, 3.05) is 20.5 Å². The Bertz CT molecular complexity index is 495. The quantitative estimate of drug-likeness (QED) is 0.656. The summed E-state index contributed by atoms with van der Waals surface area (Å²) in [4.78, 5) is 0. The molecule has 0 heterocycles. The summed E-state index contributed by atoms with van der Waals surface area (Å²) in [6, 6.07) is 12.0. The number of hydrogen-bond donors (Lipinski definition) is 0. The van der Waals surface area contributed by atoms with E-state index in [1.165, 1.54) is 0 Å². The standard InChI is InChI=1S/C14H16O3.4CH4/c1-3-16-13-6-4-12-9-14(17-10-15-2)7-5-11(12)8-13;;;;/h4-9H,3,10H2,1-2H3;4*1H4. The van der Waals surface area contributed by atoms with Crippen LogP contribution in [0.3, 0.4) is 0 Å². The molecule has 0 aliphatic carbocycles.